The van der Waals surface area contributed by atoms with Crippen molar-refractivity contribution in [3.05, 3.63) is 93.0 Å². The van der Waals surface area contributed by atoms with Crippen LogP contribution in [0, 0.1) is 0 Å². The van der Waals surface area contributed by atoms with Gasteiger partial charge in [0.05, 0.1) is 18.2 Å². The largest absolute Gasteiger partial charge is 1.00 e. The maximum atomic E-state index is 11.3. The average Bonchev–Trinajstić information content (AvgIpc) is 3.46. The molecule has 0 amide bonds. The number of carbonyl (C=O) groups excluding carboxylic acids is 1. The van der Waals surface area contributed by atoms with Crippen LogP contribution in [0.25, 0.3) is 11.3 Å². The smallest absolute Gasteiger partial charge is 0.545 e. The van der Waals surface area contributed by atoms with Gasteiger partial charge in [-0.15, -0.1) is 22.7 Å². The van der Waals surface area contributed by atoms with Gasteiger partial charge in [-0.1, -0.05) is 62.4 Å². The van der Waals surface area contributed by atoms with Crippen molar-refractivity contribution in [2.75, 3.05) is 4.90 Å². The Bertz CT molecular complexity index is 1150. The minimum Gasteiger partial charge on any atom is -0.545 e. The number of carboxylic acids is 1. The van der Waals surface area contributed by atoms with Gasteiger partial charge in [-0.25, -0.2) is 4.98 Å². The van der Waals surface area contributed by atoms with Crippen LogP contribution in [0.4, 0.5) is 5.13 Å². The Hall–Kier alpha value is -1.96. The van der Waals surface area contributed by atoms with E-state index in [0.717, 1.165) is 22.0 Å². The van der Waals surface area contributed by atoms with Crippen molar-refractivity contribution in [1.29, 1.82) is 0 Å². The number of aromatic carboxylic acids is 1. The van der Waals surface area contributed by atoms with Crippen molar-refractivity contribution < 1.29 is 39.5 Å². The first-order valence-corrected chi connectivity index (χ1v) is 11.9. The predicted molar refractivity (Wildman–Crippen MR) is 127 cm³/mol. The molecule has 32 heavy (non-hydrogen) atoms. The number of thiazole rings is 1. The SMILES string of the molecule is CC(C)c1ccc(-c2csc(N(Cc3cccc(C(=O)[O-])c3)Cc3cccs3)n2)cc1.[Na+]. The molecule has 0 unspecified atom stereocenters. The van der Waals surface area contributed by atoms with E-state index in [1.165, 1.54) is 10.4 Å². The van der Waals surface area contributed by atoms with E-state index in [1.807, 2.05) is 12.1 Å². The predicted octanol–water partition coefficient (Wildman–Crippen LogP) is 2.57. The van der Waals surface area contributed by atoms with Crippen LogP contribution in [-0.2, 0) is 13.1 Å². The molecule has 4 nitrogen and oxygen atoms in total. The maximum Gasteiger partial charge on any atom is 1.00 e. The first-order valence-electron chi connectivity index (χ1n) is 10.1. The fourth-order valence-electron chi connectivity index (χ4n) is 3.38. The van der Waals surface area contributed by atoms with Crippen LogP contribution in [0.5, 0.6) is 0 Å². The molecule has 0 aliphatic heterocycles. The van der Waals surface area contributed by atoms with Crippen LogP contribution in [-0.4, -0.2) is 11.0 Å². The molecule has 0 N–H and O–H groups in total. The molecule has 0 fully saturated rings. The third kappa shape index (κ3) is 6.09. The van der Waals surface area contributed by atoms with Gasteiger partial charge in [-0.3, -0.25) is 0 Å². The molecule has 0 saturated carbocycles. The van der Waals surface area contributed by atoms with Crippen LogP contribution in [0.3, 0.4) is 0 Å². The fourth-order valence-corrected chi connectivity index (χ4v) is 4.93. The van der Waals surface area contributed by atoms with Gasteiger partial charge in [-0.2, -0.15) is 0 Å². The summed E-state index contributed by atoms with van der Waals surface area (Å²) in [5, 5.41) is 16.3. The molecule has 2 heterocycles. The summed E-state index contributed by atoms with van der Waals surface area (Å²) in [7, 11) is 0. The van der Waals surface area contributed by atoms with Crippen molar-refractivity contribution in [1.82, 2.24) is 4.98 Å². The topological polar surface area (TPSA) is 56.3 Å². The van der Waals surface area contributed by atoms with Crippen LogP contribution in [0.1, 0.15) is 46.1 Å². The third-order valence-electron chi connectivity index (χ3n) is 5.10. The van der Waals surface area contributed by atoms with Crippen molar-refractivity contribution in [3.8, 4) is 11.3 Å². The van der Waals surface area contributed by atoms with Gasteiger partial charge < -0.3 is 14.8 Å². The number of hydrogen-bond donors (Lipinski definition) is 0. The normalized spacial score (nSPS) is 10.7. The van der Waals surface area contributed by atoms with Crippen LogP contribution >= 0.6 is 22.7 Å². The van der Waals surface area contributed by atoms with E-state index in [1.54, 1.807) is 40.9 Å². The van der Waals surface area contributed by atoms with Crippen LogP contribution < -0.4 is 39.6 Å². The summed E-state index contributed by atoms with van der Waals surface area (Å²) in [6.07, 6.45) is 0. The van der Waals surface area contributed by atoms with E-state index in [9.17, 15) is 9.90 Å². The van der Waals surface area contributed by atoms with Crippen LogP contribution in [0.15, 0.2) is 71.4 Å². The summed E-state index contributed by atoms with van der Waals surface area (Å²) >= 11 is 3.31. The number of thiophene rings is 1. The minimum atomic E-state index is -1.16. The van der Waals surface area contributed by atoms with Crippen molar-refractivity contribution in [3.63, 3.8) is 0 Å². The van der Waals surface area contributed by atoms with E-state index in [0.29, 0.717) is 19.0 Å². The van der Waals surface area contributed by atoms with E-state index in [2.05, 4.69) is 59.8 Å². The molecule has 2 aromatic heterocycles. The Morgan fingerprint density at radius 3 is 2.47 bits per heavy atom. The van der Waals surface area contributed by atoms with Gasteiger partial charge in [0, 0.05) is 22.4 Å². The Kier molecular flexibility index (Phi) is 8.68. The van der Waals surface area contributed by atoms with Gasteiger partial charge in [0.1, 0.15) is 0 Å². The molecule has 0 bridgehead atoms. The molecule has 0 radical (unpaired) electrons. The van der Waals surface area contributed by atoms with E-state index in [4.69, 9.17) is 4.98 Å². The zero-order valence-corrected chi connectivity index (χ0v) is 22.1. The molecule has 158 valence electrons. The number of rotatable bonds is 8. The number of carboxylic acid groups (broad SMARTS) is 1. The van der Waals surface area contributed by atoms with Gasteiger partial charge in [-0.05, 0) is 40.1 Å². The number of aromatic nitrogens is 1. The van der Waals surface area contributed by atoms with Gasteiger partial charge in [0.15, 0.2) is 5.13 Å². The Morgan fingerprint density at radius 2 is 1.81 bits per heavy atom. The zero-order valence-electron chi connectivity index (χ0n) is 18.4. The summed E-state index contributed by atoms with van der Waals surface area (Å²) in [6.45, 7) is 5.66. The quantitative estimate of drug-likeness (QED) is 0.372. The number of nitrogens with zero attached hydrogens (tertiary/aromatic N) is 2. The molecular weight excluding hydrogens is 447 g/mol. The fraction of sp³-hybridized carbons (Fsp3) is 0.200. The van der Waals surface area contributed by atoms with Crippen molar-refractivity contribution in [2.24, 2.45) is 0 Å². The summed E-state index contributed by atoms with van der Waals surface area (Å²) in [6, 6.07) is 19.7. The number of benzene rings is 2. The first-order chi connectivity index (χ1) is 15.0. The molecule has 0 saturated heterocycles. The van der Waals surface area contributed by atoms with Gasteiger partial charge in [0.2, 0.25) is 0 Å². The summed E-state index contributed by atoms with van der Waals surface area (Å²) in [5.74, 6) is -0.661. The summed E-state index contributed by atoms with van der Waals surface area (Å²) in [5.41, 5.74) is 4.47. The van der Waals surface area contributed by atoms with E-state index < -0.39 is 5.97 Å². The molecule has 0 aliphatic rings. The second-order valence-corrected chi connectivity index (χ2v) is 9.58. The van der Waals surface area contributed by atoms with Gasteiger partial charge >= 0.3 is 29.6 Å². The minimum absolute atomic E-state index is 0. The number of carbonyl (C=O) groups is 1. The molecule has 0 aliphatic carbocycles. The summed E-state index contributed by atoms with van der Waals surface area (Å²) in [4.78, 5) is 19.6. The molecule has 2 aromatic carbocycles. The maximum absolute atomic E-state index is 11.3. The van der Waals surface area contributed by atoms with Gasteiger partial charge in [0.25, 0.3) is 0 Å². The monoisotopic (exact) mass is 470 g/mol. The molecule has 0 atom stereocenters. The standard InChI is InChI=1S/C25H24N2O2S2.Na/c1-17(2)19-8-10-20(11-9-19)23-16-31-25(26-23)27(15-22-7-4-12-30-22)14-18-5-3-6-21(13-18)24(28)29;/h3-13,16-17H,14-15H2,1-2H3,(H,28,29);/q;+1/p-1. The second kappa shape index (κ2) is 11.3. The van der Waals surface area contributed by atoms with Crippen molar-refractivity contribution in [2.45, 2.75) is 32.9 Å². The number of anilines is 1. The molecule has 4 aromatic rings. The molecule has 4 rings (SSSR count). The van der Waals surface area contributed by atoms with E-state index in [-0.39, 0.29) is 35.1 Å². The Morgan fingerprint density at radius 1 is 1.03 bits per heavy atom. The van der Waals surface area contributed by atoms with Crippen LogP contribution in [0.2, 0.25) is 0 Å². The second-order valence-electron chi connectivity index (χ2n) is 7.72. The van der Waals surface area contributed by atoms with Crippen molar-refractivity contribution >= 4 is 33.8 Å². The molecule has 7 heteroatoms. The number of hydrogen-bond acceptors (Lipinski definition) is 6. The Balaban J connectivity index is 0.00000289. The third-order valence-corrected chi connectivity index (χ3v) is 6.86. The summed E-state index contributed by atoms with van der Waals surface area (Å²) < 4.78 is 0. The first kappa shape index (κ1) is 24.7. The van der Waals surface area contributed by atoms with E-state index >= 15 is 0 Å². The molecular formula is C25H23N2NaO2S2. The average molecular weight is 471 g/mol. The Labute approximate surface area is 218 Å². The zero-order chi connectivity index (χ0) is 21.8. The molecule has 0 spiro atoms.